The molecule has 0 atom stereocenters. The normalized spacial score (nSPS) is 11.3. The fraction of sp³-hybridized carbons (Fsp3) is 0.231. The lowest BCUT2D eigenvalue weighted by Crippen LogP contribution is -1.98. The molecule has 0 aliphatic heterocycles. The second kappa shape index (κ2) is 7.13. The first-order valence-electron chi connectivity index (χ1n) is 9.89. The molecule has 4 nitrogen and oxygen atoms in total. The summed E-state index contributed by atoms with van der Waals surface area (Å²) >= 11 is 0. The van der Waals surface area contributed by atoms with Crippen molar-refractivity contribution in [1.29, 1.82) is 0 Å². The average Bonchev–Trinajstić information content (AvgIpc) is 2.68. The van der Waals surface area contributed by atoms with Gasteiger partial charge in [-0.15, -0.1) is 0 Å². The minimum Gasteiger partial charge on any atom is -0.507 e. The number of benzene rings is 4. The lowest BCUT2D eigenvalue weighted by atomic mass is 9.87. The monoisotopic (exact) mass is 402 g/mol. The Hall–Kier alpha value is -3.40. The van der Waals surface area contributed by atoms with Gasteiger partial charge in [-0.3, -0.25) is 0 Å². The summed E-state index contributed by atoms with van der Waals surface area (Å²) in [5.74, 6) is 1.57. The molecule has 0 radical (unpaired) electrons. The van der Waals surface area contributed by atoms with Gasteiger partial charge in [-0.05, 0) is 85.0 Å². The Bertz CT molecular complexity index is 1220. The molecular weight excluding hydrogens is 376 g/mol. The van der Waals surface area contributed by atoms with E-state index in [4.69, 9.17) is 9.47 Å². The molecule has 0 saturated heterocycles. The zero-order chi connectivity index (χ0) is 21.7. The first-order valence-corrected chi connectivity index (χ1v) is 9.89. The first kappa shape index (κ1) is 19.9. The summed E-state index contributed by atoms with van der Waals surface area (Å²) in [6.45, 7) is 7.91. The topological polar surface area (TPSA) is 58.9 Å². The lowest BCUT2D eigenvalue weighted by molar-refractivity contribution is 0.410. The van der Waals surface area contributed by atoms with E-state index in [-0.39, 0.29) is 11.5 Å². The van der Waals surface area contributed by atoms with Crippen LogP contribution in [0.15, 0.2) is 36.4 Å². The Labute approximate surface area is 176 Å². The van der Waals surface area contributed by atoms with Gasteiger partial charge in [-0.25, -0.2) is 0 Å². The van der Waals surface area contributed by atoms with E-state index >= 15 is 0 Å². The van der Waals surface area contributed by atoms with Crippen LogP contribution in [0, 0.1) is 27.7 Å². The summed E-state index contributed by atoms with van der Waals surface area (Å²) in [7, 11) is 3.23. The highest BCUT2D eigenvalue weighted by molar-refractivity contribution is 6.14. The largest absolute Gasteiger partial charge is 0.507 e. The molecule has 4 heteroatoms. The minimum absolute atomic E-state index is 0.171. The summed E-state index contributed by atoms with van der Waals surface area (Å²) in [4.78, 5) is 0. The van der Waals surface area contributed by atoms with Gasteiger partial charge in [0, 0.05) is 21.9 Å². The van der Waals surface area contributed by atoms with Crippen LogP contribution in [0.3, 0.4) is 0 Å². The van der Waals surface area contributed by atoms with Crippen LogP contribution in [-0.4, -0.2) is 24.4 Å². The van der Waals surface area contributed by atoms with Crippen molar-refractivity contribution in [3.63, 3.8) is 0 Å². The van der Waals surface area contributed by atoms with Crippen LogP contribution in [-0.2, 0) is 0 Å². The molecule has 0 fully saturated rings. The first-order chi connectivity index (χ1) is 14.3. The van der Waals surface area contributed by atoms with Crippen LogP contribution in [0.1, 0.15) is 22.3 Å². The quantitative estimate of drug-likeness (QED) is 0.421. The summed E-state index contributed by atoms with van der Waals surface area (Å²) in [6.07, 6.45) is 0. The standard InChI is InChI=1S/C26H26O4/c1-13-7-17-15(3)11-21(29-5)25(23(17)19(27)9-13)26-22(30-6)12-16(4)18-8-14(2)10-20(28)24(18)26/h7-12,27-28H,1-6H3. The van der Waals surface area contributed by atoms with Gasteiger partial charge in [0.15, 0.2) is 0 Å². The number of phenolic OH excluding ortho intramolecular Hbond substituents is 2. The lowest BCUT2D eigenvalue weighted by Gasteiger charge is -2.21. The number of methoxy groups -OCH3 is 2. The van der Waals surface area contributed by atoms with Gasteiger partial charge in [0.05, 0.1) is 14.2 Å². The van der Waals surface area contributed by atoms with E-state index in [9.17, 15) is 10.2 Å². The summed E-state index contributed by atoms with van der Waals surface area (Å²) in [6, 6.07) is 11.5. The molecule has 0 aliphatic carbocycles. The van der Waals surface area contributed by atoms with Gasteiger partial charge >= 0.3 is 0 Å². The average molecular weight is 402 g/mol. The van der Waals surface area contributed by atoms with Gasteiger partial charge in [0.2, 0.25) is 0 Å². The highest BCUT2D eigenvalue weighted by Gasteiger charge is 2.24. The van der Waals surface area contributed by atoms with Crippen LogP contribution < -0.4 is 9.47 Å². The highest BCUT2D eigenvalue weighted by atomic mass is 16.5. The highest BCUT2D eigenvalue weighted by Crippen LogP contribution is 2.51. The number of fused-ring (bicyclic) bond motifs is 2. The number of rotatable bonds is 3. The molecule has 4 aromatic carbocycles. The maximum atomic E-state index is 11.0. The molecule has 4 aromatic rings. The molecule has 0 aliphatic rings. The molecular formula is C26H26O4. The Kier molecular flexibility index (Phi) is 4.73. The number of hydrogen-bond donors (Lipinski definition) is 2. The fourth-order valence-corrected chi connectivity index (χ4v) is 4.44. The number of phenols is 2. The Morgan fingerprint density at radius 2 is 0.933 bits per heavy atom. The van der Waals surface area contributed by atoms with Crippen molar-refractivity contribution < 1.29 is 19.7 Å². The zero-order valence-corrected chi connectivity index (χ0v) is 18.2. The van der Waals surface area contributed by atoms with Gasteiger partial charge in [0.25, 0.3) is 0 Å². The van der Waals surface area contributed by atoms with E-state index in [1.54, 1.807) is 26.4 Å². The number of aromatic hydroxyl groups is 2. The molecule has 0 saturated carbocycles. The van der Waals surface area contributed by atoms with Crippen molar-refractivity contribution in [2.24, 2.45) is 0 Å². The molecule has 0 bridgehead atoms. The zero-order valence-electron chi connectivity index (χ0n) is 18.2. The van der Waals surface area contributed by atoms with E-state index < -0.39 is 0 Å². The molecule has 0 amide bonds. The van der Waals surface area contributed by atoms with Crippen LogP contribution in [0.4, 0.5) is 0 Å². The van der Waals surface area contributed by atoms with Crippen molar-refractivity contribution in [2.75, 3.05) is 14.2 Å². The molecule has 0 spiro atoms. The Balaban J connectivity index is 2.32. The molecule has 0 heterocycles. The molecule has 0 aromatic heterocycles. The third-order valence-electron chi connectivity index (χ3n) is 5.75. The van der Waals surface area contributed by atoms with E-state index in [1.807, 2.05) is 39.8 Å². The van der Waals surface area contributed by atoms with Gasteiger partial charge in [0.1, 0.15) is 23.0 Å². The van der Waals surface area contributed by atoms with Crippen molar-refractivity contribution in [3.8, 4) is 34.1 Å². The summed E-state index contributed by atoms with van der Waals surface area (Å²) < 4.78 is 11.5. The minimum atomic E-state index is 0.171. The number of ether oxygens (including phenoxy) is 2. The van der Waals surface area contributed by atoms with Gasteiger partial charge in [-0.2, -0.15) is 0 Å². The van der Waals surface area contributed by atoms with Crippen LogP contribution in [0.5, 0.6) is 23.0 Å². The van der Waals surface area contributed by atoms with Crippen molar-refractivity contribution in [1.82, 2.24) is 0 Å². The van der Waals surface area contributed by atoms with Crippen LogP contribution in [0.25, 0.3) is 32.7 Å². The Morgan fingerprint density at radius 3 is 1.27 bits per heavy atom. The number of aryl methyl sites for hydroxylation is 4. The van der Waals surface area contributed by atoms with Crippen molar-refractivity contribution in [2.45, 2.75) is 27.7 Å². The van der Waals surface area contributed by atoms with Gasteiger partial charge in [-0.1, -0.05) is 12.1 Å². The third-order valence-corrected chi connectivity index (χ3v) is 5.75. The van der Waals surface area contributed by atoms with Gasteiger partial charge < -0.3 is 19.7 Å². The maximum Gasteiger partial charge on any atom is 0.127 e. The van der Waals surface area contributed by atoms with Crippen molar-refractivity contribution >= 4 is 21.5 Å². The van der Waals surface area contributed by atoms with E-state index in [2.05, 4.69) is 12.1 Å². The summed E-state index contributed by atoms with van der Waals surface area (Å²) in [5.41, 5.74) is 5.35. The predicted molar refractivity (Wildman–Crippen MR) is 122 cm³/mol. The second-order valence-corrected chi connectivity index (χ2v) is 7.95. The number of hydrogen-bond acceptors (Lipinski definition) is 4. The van der Waals surface area contributed by atoms with E-state index in [0.717, 1.165) is 33.0 Å². The summed E-state index contributed by atoms with van der Waals surface area (Å²) in [5, 5.41) is 25.2. The maximum absolute atomic E-state index is 11.0. The fourth-order valence-electron chi connectivity index (χ4n) is 4.44. The van der Waals surface area contributed by atoms with E-state index in [1.165, 1.54) is 0 Å². The molecule has 30 heavy (non-hydrogen) atoms. The SMILES string of the molecule is COc1cc(C)c2cc(C)cc(O)c2c1-c1c(OC)cc(C)c2cc(C)cc(O)c12. The smallest absolute Gasteiger partial charge is 0.127 e. The van der Waals surface area contributed by atoms with Crippen LogP contribution in [0.2, 0.25) is 0 Å². The molecule has 4 rings (SSSR count). The molecule has 2 N–H and O–H groups in total. The van der Waals surface area contributed by atoms with E-state index in [0.29, 0.717) is 33.4 Å². The second-order valence-electron chi connectivity index (χ2n) is 7.95. The molecule has 154 valence electrons. The predicted octanol–water partition coefficient (Wildman–Crippen LogP) is 6.32. The Morgan fingerprint density at radius 1 is 0.567 bits per heavy atom. The van der Waals surface area contributed by atoms with Crippen LogP contribution >= 0.6 is 0 Å². The van der Waals surface area contributed by atoms with Crippen molar-refractivity contribution in [3.05, 3.63) is 58.7 Å². The molecule has 0 unspecified atom stereocenters. The third kappa shape index (κ3) is 2.91.